The molecule has 1 saturated heterocycles. The van der Waals surface area contributed by atoms with E-state index < -0.39 is 11.7 Å². The van der Waals surface area contributed by atoms with Crippen molar-refractivity contribution in [2.75, 3.05) is 27.2 Å². The number of aromatic hydroxyl groups is 1. The second kappa shape index (κ2) is 7.73. The molecule has 1 fully saturated rings. The van der Waals surface area contributed by atoms with E-state index in [0.717, 1.165) is 38.1 Å². The Labute approximate surface area is 134 Å². The third-order valence-electron chi connectivity index (χ3n) is 3.26. The Hall–Kier alpha value is -2.41. The zero-order valence-corrected chi connectivity index (χ0v) is 13.2. The third-order valence-corrected chi connectivity index (χ3v) is 3.26. The number of benzene rings is 1. The molecular weight excluding hydrogens is 301 g/mol. The smallest absolute Gasteiger partial charge is 0.317 e. The Morgan fingerprint density at radius 3 is 2.65 bits per heavy atom. The Bertz CT molecular complexity index is 637. The van der Waals surface area contributed by atoms with E-state index >= 15 is 0 Å². The number of amides is 1. The van der Waals surface area contributed by atoms with Gasteiger partial charge in [0, 0.05) is 18.7 Å². The molecule has 3 rings (SSSR count). The first-order valence-corrected chi connectivity index (χ1v) is 7.39. The first-order chi connectivity index (χ1) is 11.0. The summed E-state index contributed by atoms with van der Waals surface area (Å²) < 4.78 is 18.5. The molecule has 124 valence electrons. The maximum Gasteiger partial charge on any atom is 0.317 e. The quantitative estimate of drug-likeness (QED) is 0.771. The predicted molar refractivity (Wildman–Crippen MR) is 85.4 cm³/mol. The highest BCUT2D eigenvalue weighted by molar-refractivity contribution is 6.08. The van der Waals surface area contributed by atoms with Gasteiger partial charge in [0.15, 0.2) is 5.76 Å². The molecule has 0 unspecified atom stereocenters. The summed E-state index contributed by atoms with van der Waals surface area (Å²) in [6, 6.07) is 3.78. The fourth-order valence-electron chi connectivity index (χ4n) is 2.22. The highest BCUT2D eigenvalue weighted by atomic mass is 19.1. The van der Waals surface area contributed by atoms with E-state index in [0.29, 0.717) is 0 Å². The molecule has 0 bridgehead atoms. The lowest BCUT2D eigenvalue weighted by molar-refractivity contribution is -0.115. The lowest BCUT2D eigenvalue weighted by Crippen LogP contribution is -2.27. The lowest BCUT2D eigenvalue weighted by atomic mass is 10.1. The summed E-state index contributed by atoms with van der Waals surface area (Å²) in [5.74, 6) is -1.14. The zero-order valence-electron chi connectivity index (χ0n) is 13.2. The second-order valence-corrected chi connectivity index (χ2v) is 5.21. The van der Waals surface area contributed by atoms with E-state index in [4.69, 9.17) is 4.74 Å². The van der Waals surface area contributed by atoms with Gasteiger partial charge in [-0.15, -0.1) is 0 Å². The number of carbonyl (C=O) groups excluding carboxylic acids is 1. The molecule has 0 spiro atoms. The second-order valence-electron chi connectivity index (χ2n) is 5.21. The first-order valence-electron chi connectivity index (χ1n) is 7.39. The van der Waals surface area contributed by atoms with Crippen LogP contribution < -0.4 is 5.32 Å². The molecule has 0 radical (unpaired) electrons. The maximum absolute atomic E-state index is 13.1. The van der Waals surface area contributed by atoms with Gasteiger partial charge in [0.25, 0.3) is 0 Å². The van der Waals surface area contributed by atoms with E-state index in [1.165, 1.54) is 12.1 Å². The SMILES string of the molecule is CNC.O=C1N=C(N2CCCC2)O/C1=C\c1cc(F)ccc1O. The lowest BCUT2D eigenvalue weighted by Gasteiger charge is -2.14. The van der Waals surface area contributed by atoms with Crippen LogP contribution in [0.5, 0.6) is 5.75 Å². The van der Waals surface area contributed by atoms with Crippen molar-refractivity contribution >= 4 is 18.0 Å². The topological polar surface area (TPSA) is 74.2 Å². The van der Waals surface area contributed by atoms with Crippen molar-refractivity contribution in [3.8, 4) is 5.75 Å². The van der Waals surface area contributed by atoms with Gasteiger partial charge in [-0.05, 0) is 51.2 Å². The predicted octanol–water partition coefficient (Wildman–Crippen LogP) is 1.72. The summed E-state index contributed by atoms with van der Waals surface area (Å²) in [5, 5.41) is 12.4. The van der Waals surface area contributed by atoms with Gasteiger partial charge in [-0.1, -0.05) is 0 Å². The minimum atomic E-state index is -0.518. The molecule has 6 nitrogen and oxygen atoms in total. The Morgan fingerprint density at radius 1 is 1.35 bits per heavy atom. The van der Waals surface area contributed by atoms with Crippen molar-refractivity contribution < 1.29 is 19.0 Å². The molecule has 0 saturated carbocycles. The number of aliphatic imine (C=N–C) groups is 1. The minimum Gasteiger partial charge on any atom is -0.507 e. The highest BCUT2D eigenvalue weighted by Gasteiger charge is 2.28. The molecule has 2 aliphatic heterocycles. The van der Waals surface area contributed by atoms with Gasteiger partial charge in [-0.2, -0.15) is 4.99 Å². The van der Waals surface area contributed by atoms with E-state index in [1.54, 1.807) is 0 Å². The highest BCUT2D eigenvalue weighted by Crippen LogP contribution is 2.24. The number of amidine groups is 1. The van der Waals surface area contributed by atoms with Crippen molar-refractivity contribution in [3.05, 3.63) is 35.3 Å². The fraction of sp³-hybridized carbons (Fsp3) is 0.375. The van der Waals surface area contributed by atoms with Crippen molar-refractivity contribution in [2.24, 2.45) is 4.99 Å². The van der Waals surface area contributed by atoms with Crippen molar-refractivity contribution in [2.45, 2.75) is 12.8 Å². The van der Waals surface area contributed by atoms with Crippen LogP contribution in [0, 0.1) is 5.82 Å². The molecule has 0 aliphatic carbocycles. The number of ether oxygens (including phenoxy) is 1. The van der Waals surface area contributed by atoms with Crippen LogP contribution in [0.3, 0.4) is 0 Å². The number of rotatable bonds is 1. The number of hydrogen-bond acceptors (Lipinski definition) is 5. The number of nitrogens with one attached hydrogen (secondary N) is 1. The largest absolute Gasteiger partial charge is 0.507 e. The molecule has 1 aromatic carbocycles. The Kier molecular flexibility index (Phi) is 5.70. The van der Waals surface area contributed by atoms with Gasteiger partial charge in [-0.25, -0.2) is 4.39 Å². The first kappa shape index (κ1) is 17.0. The van der Waals surface area contributed by atoms with E-state index in [9.17, 15) is 14.3 Å². The molecule has 7 heteroatoms. The minimum absolute atomic E-state index is 0.00667. The van der Waals surface area contributed by atoms with Crippen LogP contribution in [0.15, 0.2) is 29.0 Å². The molecule has 0 aromatic heterocycles. The van der Waals surface area contributed by atoms with Crippen LogP contribution in [-0.4, -0.2) is 49.1 Å². The number of halogens is 1. The molecule has 0 atom stereocenters. The number of phenols is 1. The summed E-state index contributed by atoms with van der Waals surface area (Å²) >= 11 is 0. The molecule has 2 aliphatic rings. The van der Waals surface area contributed by atoms with Crippen molar-refractivity contribution in [1.82, 2.24) is 10.2 Å². The van der Waals surface area contributed by atoms with Crippen LogP contribution in [0.2, 0.25) is 0 Å². The monoisotopic (exact) mass is 321 g/mol. The Balaban J connectivity index is 0.000000595. The molecule has 1 aromatic rings. The summed E-state index contributed by atoms with van der Waals surface area (Å²) in [7, 11) is 3.75. The summed E-state index contributed by atoms with van der Waals surface area (Å²) in [6.07, 6.45) is 3.38. The molecule has 2 N–H and O–H groups in total. The molecular formula is C16H20FN3O3. The van der Waals surface area contributed by atoms with E-state index in [-0.39, 0.29) is 23.1 Å². The molecule has 23 heavy (non-hydrogen) atoms. The zero-order chi connectivity index (χ0) is 16.8. The normalized spacial score (nSPS) is 18.6. The fourth-order valence-corrected chi connectivity index (χ4v) is 2.22. The number of phenolic OH excluding ortho intramolecular Hbond substituents is 1. The number of hydrogen-bond donors (Lipinski definition) is 2. The Morgan fingerprint density at radius 2 is 2.00 bits per heavy atom. The van der Waals surface area contributed by atoms with Crippen LogP contribution >= 0.6 is 0 Å². The maximum atomic E-state index is 13.1. The number of likely N-dealkylation sites (tertiary alicyclic amines) is 1. The number of nitrogens with zero attached hydrogens (tertiary/aromatic N) is 2. The van der Waals surface area contributed by atoms with Gasteiger partial charge in [0.2, 0.25) is 0 Å². The summed E-state index contributed by atoms with van der Waals surface area (Å²) in [4.78, 5) is 17.5. The molecule has 2 heterocycles. The molecule has 1 amide bonds. The van der Waals surface area contributed by atoms with Crippen LogP contribution in [0.25, 0.3) is 6.08 Å². The van der Waals surface area contributed by atoms with Crippen LogP contribution in [-0.2, 0) is 9.53 Å². The van der Waals surface area contributed by atoms with Gasteiger partial charge < -0.3 is 20.1 Å². The van der Waals surface area contributed by atoms with Gasteiger partial charge in [-0.3, -0.25) is 4.79 Å². The van der Waals surface area contributed by atoms with Crippen molar-refractivity contribution in [1.29, 1.82) is 0 Å². The third kappa shape index (κ3) is 4.29. The van der Waals surface area contributed by atoms with E-state index in [2.05, 4.69) is 10.3 Å². The summed E-state index contributed by atoms with van der Waals surface area (Å²) in [5.41, 5.74) is 0.186. The summed E-state index contributed by atoms with van der Waals surface area (Å²) in [6.45, 7) is 1.62. The van der Waals surface area contributed by atoms with Crippen LogP contribution in [0.1, 0.15) is 18.4 Å². The van der Waals surface area contributed by atoms with E-state index in [1.807, 2.05) is 19.0 Å². The van der Waals surface area contributed by atoms with Crippen molar-refractivity contribution in [3.63, 3.8) is 0 Å². The van der Waals surface area contributed by atoms with Gasteiger partial charge in [0.05, 0.1) is 0 Å². The standard InChI is InChI=1S/C14H13FN2O3.C2H7N/c15-10-3-4-11(18)9(7-10)8-12-13(19)16-14(20-12)17-5-1-2-6-17;1-3-2/h3-4,7-8,18H,1-2,5-6H2;3H,1-2H3/b12-8-;. The van der Waals surface area contributed by atoms with Gasteiger partial charge in [0.1, 0.15) is 11.6 Å². The van der Waals surface area contributed by atoms with Crippen LogP contribution in [0.4, 0.5) is 4.39 Å². The average molecular weight is 321 g/mol. The number of carbonyl (C=O) groups is 1. The average Bonchev–Trinajstić information content (AvgIpc) is 3.14. The van der Waals surface area contributed by atoms with Gasteiger partial charge >= 0.3 is 11.9 Å².